The van der Waals surface area contributed by atoms with Crippen LogP contribution in [0.25, 0.3) is 33.2 Å². The van der Waals surface area contributed by atoms with Crippen molar-refractivity contribution < 1.29 is 0 Å². The Hall–Kier alpha value is -2.28. The maximum atomic E-state index is 3.69. The molecule has 1 saturated carbocycles. The zero-order chi connectivity index (χ0) is 17.4. The van der Waals surface area contributed by atoms with Gasteiger partial charge in [-0.3, -0.25) is 0 Å². The lowest BCUT2D eigenvalue weighted by molar-refractivity contribution is 0.754. The van der Waals surface area contributed by atoms with Gasteiger partial charge in [-0.05, 0) is 66.3 Å². The second kappa shape index (κ2) is 6.55. The van der Waals surface area contributed by atoms with Crippen LogP contribution in [0.2, 0.25) is 0 Å². The minimum Gasteiger partial charge on any atom is -0.384 e. The molecule has 0 amide bonds. The largest absolute Gasteiger partial charge is 0.384 e. The maximum absolute atomic E-state index is 3.69. The zero-order valence-electron chi connectivity index (χ0n) is 15.6. The highest BCUT2D eigenvalue weighted by Gasteiger charge is 2.17. The molecule has 1 nitrogen and oxygen atoms in total. The highest BCUT2D eigenvalue weighted by Crippen LogP contribution is 2.33. The second-order valence-electron chi connectivity index (χ2n) is 7.12. The normalized spacial score (nSPS) is 15.0. The van der Waals surface area contributed by atoms with E-state index in [1.165, 1.54) is 62.5 Å². The Morgan fingerprint density at radius 3 is 2.36 bits per heavy atom. The van der Waals surface area contributed by atoms with Gasteiger partial charge >= 0.3 is 0 Å². The molecule has 0 aliphatic heterocycles. The van der Waals surface area contributed by atoms with Gasteiger partial charge in [-0.2, -0.15) is 0 Å². The first-order chi connectivity index (χ1) is 12.3. The zero-order valence-corrected chi connectivity index (χ0v) is 15.6. The van der Waals surface area contributed by atoms with Gasteiger partial charge in [-0.15, -0.1) is 0 Å². The lowest BCUT2D eigenvalue weighted by Gasteiger charge is -2.22. The first-order valence-electron chi connectivity index (χ1n) is 9.66. The first kappa shape index (κ1) is 16.2. The van der Waals surface area contributed by atoms with E-state index in [2.05, 4.69) is 68.6 Å². The molecule has 128 valence electrons. The van der Waals surface area contributed by atoms with Crippen molar-refractivity contribution in [1.82, 2.24) is 0 Å². The van der Waals surface area contributed by atoms with E-state index in [9.17, 15) is 0 Å². The number of fused-ring (bicyclic) bond motifs is 2. The lowest BCUT2D eigenvalue weighted by atomic mass is 9.84. The molecule has 1 heteroatoms. The summed E-state index contributed by atoms with van der Waals surface area (Å²) >= 11 is 0. The van der Waals surface area contributed by atoms with Crippen LogP contribution in [0, 0.1) is 6.92 Å². The van der Waals surface area contributed by atoms with Crippen LogP contribution >= 0.6 is 0 Å². The van der Waals surface area contributed by atoms with Crippen molar-refractivity contribution >= 4 is 38.9 Å². The van der Waals surface area contributed by atoms with Crippen LogP contribution < -0.4 is 15.8 Å². The van der Waals surface area contributed by atoms with E-state index >= 15 is 0 Å². The third-order valence-corrected chi connectivity index (χ3v) is 5.50. The Morgan fingerprint density at radius 1 is 0.960 bits per heavy atom. The molecule has 0 saturated heterocycles. The van der Waals surface area contributed by atoms with E-state index in [0.717, 1.165) is 13.0 Å². The summed E-state index contributed by atoms with van der Waals surface area (Å²) in [5.41, 5.74) is 4.34. The van der Waals surface area contributed by atoms with Crippen LogP contribution in [-0.2, 0) is 0 Å². The van der Waals surface area contributed by atoms with Gasteiger partial charge in [0.1, 0.15) is 0 Å². The molecule has 3 aromatic carbocycles. The monoisotopic (exact) mass is 329 g/mol. The van der Waals surface area contributed by atoms with Gasteiger partial charge in [0, 0.05) is 17.3 Å². The number of nitrogens with one attached hydrogen (secondary N) is 1. The summed E-state index contributed by atoms with van der Waals surface area (Å²) in [6, 6.07) is 13.6. The number of anilines is 1. The Bertz CT molecular complexity index is 1070. The fraction of sp³-hybridized carbons (Fsp3) is 0.333. The minimum atomic E-state index is 0.939. The lowest BCUT2D eigenvalue weighted by Crippen LogP contribution is -2.20. The standard InChI is InChI=1S/C24H27N/c1-4-9-17-15-14-16(3)21-22(18-10-8-11-18)19-12-6-7-13-20(19)24(23(17)21)25-5-2/h6-7,9,12-15,25H,4-5,8,10-11H2,1-3H3. The van der Waals surface area contributed by atoms with E-state index in [1.807, 2.05) is 0 Å². The quantitative estimate of drug-likeness (QED) is 0.646. The van der Waals surface area contributed by atoms with E-state index in [4.69, 9.17) is 0 Å². The van der Waals surface area contributed by atoms with E-state index in [-0.39, 0.29) is 0 Å². The van der Waals surface area contributed by atoms with Gasteiger partial charge in [0.15, 0.2) is 0 Å². The summed E-state index contributed by atoms with van der Waals surface area (Å²) in [6.07, 6.45) is 7.26. The van der Waals surface area contributed by atoms with Gasteiger partial charge in [-0.1, -0.05) is 55.0 Å². The Kier molecular flexibility index (Phi) is 4.25. The molecule has 1 N–H and O–H groups in total. The molecule has 0 unspecified atom stereocenters. The van der Waals surface area contributed by atoms with Crippen LogP contribution in [-0.4, -0.2) is 6.54 Å². The van der Waals surface area contributed by atoms with Crippen molar-refractivity contribution in [1.29, 1.82) is 0 Å². The summed E-state index contributed by atoms with van der Waals surface area (Å²) in [5.74, 6) is 0. The third kappa shape index (κ3) is 2.54. The molecule has 0 aromatic heterocycles. The SMILES string of the molecule is CCC=c1ccc(C)c2c(=C3CCC3)c3ccccc3c(NCC)c12. The minimum absolute atomic E-state index is 0.939. The van der Waals surface area contributed by atoms with E-state index in [1.54, 1.807) is 5.57 Å². The molecule has 1 aliphatic carbocycles. The molecule has 3 aromatic rings. The van der Waals surface area contributed by atoms with Crippen LogP contribution in [0.5, 0.6) is 0 Å². The van der Waals surface area contributed by atoms with Gasteiger partial charge in [0.05, 0.1) is 5.69 Å². The topological polar surface area (TPSA) is 12.0 Å². The molecule has 0 bridgehead atoms. The third-order valence-electron chi connectivity index (χ3n) is 5.50. The van der Waals surface area contributed by atoms with Crippen molar-refractivity contribution in [2.75, 3.05) is 11.9 Å². The fourth-order valence-corrected chi connectivity index (χ4v) is 4.22. The van der Waals surface area contributed by atoms with Gasteiger partial charge < -0.3 is 5.32 Å². The molecule has 0 heterocycles. The van der Waals surface area contributed by atoms with Crippen molar-refractivity contribution in [2.24, 2.45) is 0 Å². The van der Waals surface area contributed by atoms with Crippen molar-refractivity contribution in [2.45, 2.75) is 46.5 Å². The average molecular weight is 329 g/mol. The molecule has 0 atom stereocenters. The molecule has 1 aliphatic rings. The Morgan fingerprint density at radius 2 is 1.72 bits per heavy atom. The number of hydrogen-bond acceptors (Lipinski definition) is 1. The maximum Gasteiger partial charge on any atom is 0.0505 e. The smallest absolute Gasteiger partial charge is 0.0505 e. The number of aryl methyl sites for hydroxylation is 1. The predicted molar refractivity (Wildman–Crippen MR) is 112 cm³/mol. The van der Waals surface area contributed by atoms with Crippen molar-refractivity contribution in [3.63, 3.8) is 0 Å². The van der Waals surface area contributed by atoms with Gasteiger partial charge in [0.2, 0.25) is 0 Å². The molecular formula is C24H27N. The van der Waals surface area contributed by atoms with E-state index in [0.29, 0.717) is 0 Å². The summed E-state index contributed by atoms with van der Waals surface area (Å²) in [6.45, 7) is 7.62. The van der Waals surface area contributed by atoms with Crippen LogP contribution in [0.4, 0.5) is 5.69 Å². The first-order valence-corrected chi connectivity index (χ1v) is 9.66. The highest BCUT2D eigenvalue weighted by atomic mass is 14.9. The Labute approximate surface area is 150 Å². The Balaban J connectivity index is 2.37. The number of benzene rings is 3. The molecule has 25 heavy (non-hydrogen) atoms. The average Bonchev–Trinajstić information content (AvgIpc) is 2.58. The highest BCUT2D eigenvalue weighted by molar-refractivity contribution is 6.13. The van der Waals surface area contributed by atoms with Gasteiger partial charge in [0.25, 0.3) is 0 Å². The van der Waals surface area contributed by atoms with Gasteiger partial charge in [-0.25, -0.2) is 0 Å². The summed E-state index contributed by atoms with van der Waals surface area (Å²) in [7, 11) is 0. The van der Waals surface area contributed by atoms with Crippen molar-refractivity contribution in [3.05, 3.63) is 52.4 Å². The molecule has 1 fully saturated rings. The molecule has 4 rings (SSSR count). The summed E-state index contributed by atoms with van der Waals surface area (Å²) < 4.78 is 0. The van der Waals surface area contributed by atoms with Crippen LogP contribution in [0.15, 0.2) is 36.4 Å². The fourth-order valence-electron chi connectivity index (χ4n) is 4.22. The summed E-state index contributed by atoms with van der Waals surface area (Å²) in [5, 5.41) is 12.2. The number of hydrogen-bond donors (Lipinski definition) is 1. The van der Waals surface area contributed by atoms with E-state index < -0.39 is 0 Å². The number of rotatable bonds is 3. The summed E-state index contributed by atoms with van der Waals surface area (Å²) in [4.78, 5) is 0. The molecule has 0 spiro atoms. The second-order valence-corrected chi connectivity index (χ2v) is 7.12. The van der Waals surface area contributed by atoms with Crippen LogP contribution in [0.1, 0.15) is 45.1 Å². The van der Waals surface area contributed by atoms with Crippen LogP contribution in [0.3, 0.4) is 0 Å². The predicted octanol–water partition coefficient (Wildman–Crippen LogP) is 5.26. The molecule has 0 radical (unpaired) electrons. The molecular weight excluding hydrogens is 302 g/mol. The van der Waals surface area contributed by atoms with Crippen molar-refractivity contribution in [3.8, 4) is 0 Å².